The zero-order chi connectivity index (χ0) is 15.2. The highest BCUT2D eigenvalue weighted by atomic mass is 16.5. The molecule has 0 radical (unpaired) electrons. The van der Waals surface area contributed by atoms with E-state index in [1.165, 1.54) is 50.5 Å². The van der Waals surface area contributed by atoms with Gasteiger partial charge in [-0.2, -0.15) is 5.06 Å². The van der Waals surface area contributed by atoms with Crippen LogP contribution in [0.2, 0.25) is 0 Å². The van der Waals surface area contributed by atoms with Crippen LogP contribution in [0.15, 0.2) is 30.3 Å². The summed E-state index contributed by atoms with van der Waals surface area (Å²) in [6, 6.07) is 11.3. The van der Waals surface area contributed by atoms with E-state index in [0.29, 0.717) is 12.0 Å². The smallest absolute Gasteiger partial charge is 0.0469 e. The first-order valence-corrected chi connectivity index (χ1v) is 9.24. The molecular weight excluding hydrogens is 270 g/mol. The van der Waals surface area contributed by atoms with E-state index >= 15 is 0 Å². The number of rotatable bonds is 5. The molecule has 4 fully saturated rings. The molecule has 0 spiro atoms. The summed E-state index contributed by atoms with van der Waals surface area (Å²) < 4.78 is 0. The van der Waals surface area contributed by atoms with Gasteiger partial charge in [0.2, 0.25) is 0 Å². The van der Waals surface area contributed by atoms with Gasteiger partial charge in [0.1, 0.15) is 0 Å². The molecule has 2 aliphatic carbocycles. The largest absolute Gasteiger partial charge is 0.313 e. The van der Waals surface area contributed by atoms with Gasteiger partial charge in [-0.05, 0) is 61.8 Å². The third-order valence-corrected chi connectivity index (χ3v) is 6.73. The lowest BCUT2D eigenvalue weighted by atomic mass is 9.53. The van der Waals surface area contributed by atoms with Gasteiger partial charge in [0.15, 0.2) is 0 Å². The highest BCUT2D eigenvalue weighted by molar-refractivity contribution is 5.18. The Balaban J connectivity index is 1.56. The van der Waals surface area contributed by atoms with Crippen molar-refractivity contribution >= 4 is 0 Å². The van der Waals surface area contributed by atoms with Crippen molar-refractivity contribution in [2.24, 2.45) is 17.8 Å². The van der Waals surface area contributed by atoms with E-state index in [1.54, 1.807) is 0 Å². The van der Waals surface area contributed by atoms with E-state index in [4.69, 9.17) is 0 Å². The number of piperidine rings is 2. The minimum atomic E-state index is 0.125. The van der Waals surface area contributed by atoms with Gasteiger partial charge >= 0.3 is 0 Å². The van der Waals surface area contributed by atoms with Gasteiger partial charge in [0, 0.05) is 11.6 Å². The van der Waals surface area contributed by atoms with Crippen molar-refractivity contribution < 1.29 is 5.21 Å². The van der Waals surface area contributed by atoms with Gasteiger partial charge < -0.3 is 5.21 Å². The molecule has 2 heteroatoms. The van der Waals surface area contributed by atoms with Gasteiger partial charge in [0.05, 0.1) is 0 Å². The van der Waals surface area contributed by atoms with Crippen LogP contribution < -0.4 is 0 Å². The fraction of sp³-hybridized carbons (Fsp3) is 0.700. The summed E-state index contributed by atoms with van der Waals surface area (Å²) in [7, 11) is 0. The highest BCUT2D eigenvalue weighted by Gasteiger charge is 2.58. The Labute approximate surface area is 134 Å². The van der Waals surface area contributed by atoms with Gasteiger partial charge in [-0.15, -0.1) is 0 Å². The number of hydrogen-bond donors (Lipinski definition) is 1. The van der Waals surface area contributed by atoms with Gasteiger partial charge in [-0.1, -0.05) is 50.1 Å². The van der Waals surface area contributed by atoms with Crippen LogP contribution in [0.3, 0.4) is 0 Å². The molecule has 0 aromatic heterocycles. The Morgan fingerprint density at radius 3 is 2.77 bits per heavy atom. The molecular formula is C20H29NO. The molecule has 2 aliphatic heterocycles. The van der Waals surface area contributed by atoms with Crippen LogP contribution in [0.5, 0.6) is 0 Å². The molecule has 4 bridgehead atoms. The Hall–Kier alpha value is -0.860. The van der Waals surface area contributed by atoms with Crippen molar-refractivity contribution in [2.75, 3.05) is 0 Å². The lowest BCUT2D eigenvalue weighted by molar-refractivity contribution is -0.295. The van der Waals surface area contributed by atoms with Gasteiger partial charge in [0.25, 0.3) is 0 Å². The first kappa shape index (κ1) is 14.7. The summed E-state index contributed by atoms with van der Waals surface area (Å²) >= 11 is 0. The lowest BCUT2D eigenvalue weighted by Crippen LogP contribution is -2.68. The zero-order valence-electron chi connectivity index (χ0n) is 13.7. The minimum Gasteiger partial charge on any atom is -0.313 e. The van der Waals surface area contributed by atoms with Crippen LogP contribution in [0.1, 0.15) is 57.4 Å². The number of unbranched alkanes of at least 4 members (excludes halogenated alkanes) is 1. The third-order valence-electron chi connectivity index (χ3n) is 6.73. The van der Waals surface area contributed by atoms with Crippen LogP contribution in [-0.4, -0.2) is 21.9 Å². The Bertz CT molecular complexity index is 516. The van der Waals surface area contributed by atoms with Crippen molar-refractivity contribution in [3.63, 3.8) is 0 Å². The number of benzene rings is 1. The fourth-order valence-electron chi connectivity index (χ4n) is 5.87. The van der Waals surface area contributed by atoms with E-state index in [-0.39, 0.29) is 5.54 Å². The summed E-state index contributed by atoms with van der Waals surface area (Å²) in [5, 5.41) is 12.8. The molecule has 1 N–H and O–H groups in total. The van der Waals surface area contributed by atoms with Crippen molar-refractivity contribution in [3.05, 3.63) is 35.9 Å². The van der Waals surface area contributed by atoms with Crippen LogP contribution in [-0.2, 0) is 6.42 Å². The van der Waals surface area contributed by atoms with Crippen LogP contribution in [0, 0.1) is 17.8 Å². The summed E-state index contributed by atoms with van der Waals surface area (Å²) in [6.45, 7) is 2.26. The summed E-state index contributed by atoms with van der Waals surface area (Å²) in [4.78, 5) is 0. The third kappa shape index (κ3) is 2.32. The number of hydrogen-bond acceptors (Lipinski definition) is 2. The van der Waals surface area contributed by atoms with E-state index in [2.05, 4.69) is 37.3 Å². The maximum atomic E-state index is 11.0. The fourth-order valence-corrected chi connectivity index (χ4v) is 5.87. The molecule has 0 unspecified atom stereocenters. The Morgan fingerprint density at radius 1 is 1.18 bits per heavy atom. The molecule has 2 nitrogen and oxygen atoms in total. The van der Waals surface area contributed by atoms with Crippen LogP contribution >= 0.6 is 0 Å². The summed E-state index contributed by atoms with van der Waals surface area (Å²) in [6.07, 6.45) is 9.94. The van der Waals surface area contributed by atoms with Crippen molar-refractivity contribution in [1.82, 2.24) is 5.06 Å². The minimum absolute atomic E-state index is 0.125. The zero-order valence-corrected chi connectivity index (χ0v) is 13.7. The second kappa shape index (κ2) is 5.65. The molecule has 5 rings (SSSR count). The molecule has 1 aromatic carbocycles. The molecule has 5 atom stereocenters. The lowest BCUT2D eigenvalue weighted by Gasteiger charge is -2.64. The predicted octanol–water partition coefficient (Wildman–Crippen LogP) is 4.67. The van der Waals surface area contributed by atoms with E-state index in [1.807, 2.05) is 5.06 Å². The average molecular weight is 299 g/mol. The first-order valence-electron chi connectivity index (χ1n) is 9.24. The SMILES string of the molecule is CCCC[C@]12C[C@@H]3C[C@H](C1)[C@H](Cc1ccccc1)[C@@H](C3)N2O. The Morgan fingerprint density at radius 2 is 2.00 bits per heavy atom. The van der Waals surface area contributed by atoms with Crippen LogP contribution in [0.25, 0.3) is 0 Å². The normalized spacial score (nSPS) is 40.3. The molecule has 120 valence electrons. The van der Waals surface area contributed by atoms with Gasteiger partial charge in [-0.25, -0.2) is 0 Å². The van der Waals surface area contributed by atoms with Crippen molar-refractivity contribution in [1.29, 1.82) is 0 Å². The summed E-state index contributed by atoms with van der Waals surface area (Å²) in [5.41, 5.74) is 1.57. The van der Waals surface area contributed by atoms with Crippen LogP contribution in [0.4, 0.5) is 0 Å². The molecule has 1 aromatic rings. The second-order valence-electron chi connectivity index (χ2n) is 8.10. The molecule has 4 aliphatic rings. The first-order chi connectivity index (χ1) is 10.7. The van der Waals surface area contributed by atoms with E-state index in [0.717, 1.165) is 18.3 Å². The van der Waals surface area contributed by atoms with E-state index < -0.39 is 0 Å². The van der Waals surface area contributed by atoms with Crippen molar-refractivity contribution in [2.45, 2.75) is 69.9 Å². The molecule has 0 amide bonds. The second-order valence-corrected chi connectivity index (χ2v) is 8.10. The van der Waals surface area contributed by atoms with E-state index in [9.17, 15) is 5.21 Å². The quantitative estimate of drug-likeness (QED) is 0.854. The highest BCUT2D eigenvalue weighted by Crippen LogP contribution is 2.58. The Kier molecular flexibility index (Phi) is 3.78. The predicted molar refractivity (Wildman–Crippen MR) is 88.8 cm³/mol. The number of nitrogens with zero attached hydrogens (tertiary/aromatic N) is 1. The maximum Gasteiger partial charge on any atom is 0.0469 e. The van der Waals surface area contributed by atoms with Gasteiger partial charge in [-0.3, -0.25) is 0 Å². The molecule has 2 saturated carbocycles. The average Bonchev–Trinajstić information content (AvgIpc) is 2.54. The maximum absolute atomic E-state index is 11.0. The molecule has 2 heterocycles. The standard InChI is InChI=1S/C20H29NO/c1-2-3-9-20-13-16-10-17(14-20)18(19(12-16)21(20)22)11-15-7-5-4-6-8-15/h4-8,16-19,22H,2-3,9-14H2,1H3/t16-,17-,18+,19-,20+/m1/s1. The molecule has 22 heavy (non-hydrogen) atoms. The monoisotopic (exact) mass is 299 g/mol. The topological polar surface area (TPSA) is 23.5 Å². The summed E-state index contributed by atoms with van der Waals surface area (Å²) in [5.74, 6) is 2.35. The van der Waals surface area contributed by atoms with Crippen molar-refractivity contribution in [3.8, 4) is 0 Å². The molecule has 2 saturated heterocycles. The number of hydroxylamine groups is 2.